The van der Waals surface area contributed by atoms with Crippen LogP contribution in [-0.4, -0.2) is 30.6 Å². The molecule has 2 rings (SSSR count). The first-order valence-corrected chi connectivity index (χ1v) is 7.79. The van der Waals surface area contributed by atoms with Gasteiger partial charge in [-0.3, -0.25) is 0 Å². The van der Waals surface area contributed by atoms with Crippen LogP contribution in [0.1, 0.15) is 43.7 Å². The summed E-state index contributed by atoms with van der Waals surface area (Å²) in [6.45, 7) is 9.28. The Morgan fingerprint density at radius 1 is 1.26 bits per heavy atom. The van der Waals surface area contributed by atoms with Crippen LogP contribution in [0.2, 0.25) is 0 Å². The van der Waals surface area contributed by atoms with E-state index in [1.54, 1.807) is 0 Å². The van der Waals surface area contributed by atoms with Crippen molar-refractivity contribution in [3.8, 4) is 0 Å². The zero-order chi connectivity index (χ0) is 13.5. The molecule has 1 aliphatic heterocycles. The van der Waals surface area contributed by atoms with Gasteiger partial charge in [-0.2, -0.15) is 0 Å². The Morgan fingerprint density at radius 2 is 2.05 bits per heavy atom. The number of likely N-dealkylation sites (tertiary alicyclic amines) is 1. The van der Waals surface area contributed by atoms with E-state index < -0.39 is 0 Å². The van der Waals surface area contributed by atoms with E-state index in [2.05, 4.69) is 48.3 Å². The van der Waals surface area contributed by atoms with Crippen LogP contribution < -0.4 is 5.32 Å². The second-order valence-corrected chi connectivity index (χ2v) is 5.84. The third-order valence-electron chi connectivity index (χ3n) is 4.09. The molecule has 19 heavy (non-hydrogen) atoms. The Kier molecular flexibility index (Phi) is 5.87. The van der Waals surface area contributed by atoms with Crippen molar-refractivity contribution in [2.45, 2.75) is 52.1 Å². The van der Waals surface area contributed by atoms with Crippen molar-refractivity contribution in [3.63, 3.8) is 0 Å². The summed E-state index contributed by atoms with van der Waals surface area (Å²) in [6.07, 6.45) is 5.26. The van der Waals surface area contributed by atoms with Crippen molar-refractivity contribution in [1.82, 2.24) is 10.2 Å². The summed E-state index contributed by atoms with van der Waals surface area (Å²) < 4.78 is 0. The highest BCUT2D eigenvalue weighted by molar-refractivity contribution is 5.22. The molecule has 1 heterocycles. The van der Waals surface area contributed by atoms with Crippen LogP contribution in [0.5, 0.6) is 0 Å². The molecule has 1 aliphatic rings. The van der Waals surface area contributed by atoms with Gasteiger partial charge in [0, 0.05) is 12.6 Å². The normalized spacial score (nSPS) is 17.8. The number of piperidine rings is 1. The fourth-order valence-electron chi connectivity index (χ4n) is 2.83. The average Bonchev–Trinajstić information content (AvgIpc) is 2.44. The van der Waals surface area contributed by atoms with Gasteiger partial charge in [-0.15, -0.1) is 0 Å². The average molecular weight is 260 g/mol. The van der Waals surface area contributed by atoms with E-state index in [1.165, 1.54) is 56.4 Å². The molecule has 106 valence electrons. The van der Waals surface area contributed by atoms with Gasteiger partial charge < -0.3 is 10.2 Å². The molecular weight excluding hydrogens is 232 g/mol. The van der Waals surface area contributed by atoms with Crippen LogP contribution in [0.4, 0.5) is 0 Å². The molecule has 0 aliphatic carbocycles. The first-order valence-electron chi connectivity index (χ1n) is 7.79. The second kappa shape index (κ2) is 7.66. The van der Waals surface area contributed by atoms with E-state index >= 15 is 0 Å². The van der Waals surface area contributed by atoms with Gasteiger partial charge in [0.15, 0.2) is 0 Å². The van der Waals surface area contributed by atoms with Gasteiger partial charge in [0.05, 0.1) is 0 Å². The summed E-state index contributed by atoms with van der Waals surface area (Å²) in [6, 6.07) is 9.52. The Labute approximate surface area is 118 Å². The third-order valence-corrected chi connectivity index (χ3v) is 4.09. The Balaban J connectivity index is 1.68. The molecule has 0 atom stereocenters. The summed E-state index contributed by atoms with van der Waals surface area (Å²) in [5.41, 5.74) is 2.77. The number of nitrogens with zero attached hydrogens (tertiary/aromatic N) is 1. The quantitative estimate of drug-likeness (QED) is 0.844. The zero-order valence-electron chi connectivity index (χ0n) is 12.5. The summed E-state index contributed by atoms with van der Waals surface area (Å²) in [5.74, 6) is 0. The van der Waals surface area contributed by atoms with Crippen molar-refractivity contribution >= 4 is 0 Å². The van der Waals surface area contributed by atoms with Crippen molar-refractivity contribution in [1.29, 1.82) is 0 Å². The molecule has 0 unspecified atom stereocenters. The number of nitrogens with one attached hydrogen (secondary N) is 1. The van der Waals surface area contributed by atoms with E-state index in [9.17, 15) is 0 Å². The second-order valence-electron chi connectivity index (χ2n) is 5.84. The Hall–Kier alpha value is -0.860. The lowest BCUT2D eigenvalue weighted by molar-refractivity contribution is 0.195. The molecule has 0 aromatic heterocycles. The fraction of sp³-hybridized carbons (Fsp3) is 0.647. The third kappa shape index (κ3) is 4.96. The number of benzene rings is 1. The molecule has 0 bridgehead atoms. The summed E-state index contributed by atoms with van der Waals surface area (Å²) >= 11 is 0. The number of hydrogen-bond donors (Lipinski definition) is 1. The Morgan fingerprint density at radius 3 is 2.74 bits per heavy atom. The standard InChI is InChI=1S/C17H28N2/c1-3-4-10-19-11-8-17(9-12-19)18-14-16-7-5-6-15(2)13-16/h5-7,13,17-18H,3-4,8-12,14H2,1-2H3. The minimum atomic E-state index is 0.707. The maximum Gasteiger partial charge on any atom is 0.0208 e. The minimum Gasteiger partial charge on any atom is -0.310 e. The maximum atomic E-state index is 3.72. The fourth-order valence-corrected chi connectivity index (χ4v) is 2.83. The molecule has 1 saturated heterocycles. The van der Waals surface area contributed by atoms with E-state index in [1.807, 2.05) is 0 Å². The Bertz CT molecular complexity index is 367. The van der Waals surface area contributed by atoms with Crippen molar-refractivity contribution in [2.24, 2.45) is 0 Å². The van der Waals surface area contributed by atoms with E-state index in [-0.39, 0.29) is 0 Å². The lowest BCUT2D eigenvalue weighted by Crippen LogP contribution is -2.42. The molecule has 1 N–H and O–H groups in total. The molecule has 2 heteroatoms. The summed E-state index contributed by atoms with van der Waals surface area (Å²) in [4.78, 5) is 2.62. The SMILES string of the molecule is CCCCN1CCC(NCc2cccc(C)c2)CC1. The molecule has 1 aromatic carbocycles. The first-order chi connectivity index (χ1) is 9.28. The van der Waals surface area contributed by atoms with Crippen LogP contribution in [0.15, 0.2) is 24.3 Å². The van der Waals surface area contributed by atoms with Gasteiger partial charge in [-0.05, 0) is 51.4 Å². The van der Waals surface area contributed by atoms with Crippen molar-refractivity contribution in [3.05, 3.63) is 35.4 Å². The van der Waals surface area contributed by atoms with Crippen molar-refractivity contribution in [2.75, 3.05) is 19.6 Å². The highest BCUT2D eigenvalue weighted by Gasteiger charge is 2.17. The van der Waals surface area contributed by atoms with Gasteiger partial charge in [0.25, 0.3) is 0 Å². The monoisotopic (exact) mass is 260 g/mol. The molecule has 2 nitrogen and oxygen atoms in total. The molecule has 1 fully saturated rings. The topological polar surface area (TPSA) is 15.3 Å². The lowest BCUT2D eigenvalue weighted by Gasteiger charge is -2.32. The molecule has 0 radical (unpaired) electrons. The summed E-state index contributed by atoms with van der Waals surface area (Å²) in [7, 11) is 0. The zero-order valence-corrected chi connectivity index (χ0v) is 12.5. The molecular formula is C17H28N2. The maximum absolute atomic E-state index is 3.72. The van der Waals surface area contributed by atoms with Crippen LogP contribution >= 0.6 is 0 Å². The highest BCUT2D eigenvalue weighted by atomic mass is 15.1. The van der Waals surface area contributed by atoms with Gasteiger partial charge in [-0.1, -0.05) is 43.2 Å². The molecule has 0 saturated carbocycles. The van der Waals surface area contributed by atoms with E-state index in [0.29, 0.717) is 6.04 Å². The molecule has 0 amide bonds. The smallest absolute Gasteiger partial charge is 0.0208 e. The molecule has 0 spiro atoms. The van der Waals surface area contributed by atoms with Gasteiger partial charge in [0.2, 0.25) is 0 Å². The number of rotatable bonds is 6. The summed E-state index contributed by atoms with van der Waals surface area (Å²) in [5, 5.41) is 3.72. The van der Waals surface area contributed by atoms with Crippen LogP contribution in [0.25, 0.3) is 0 Å². The minimum absolute atomic E-state index is 0.707. The van der Waals surface area contributed by atoms with Gasteiger partial charge in [-0.25, -0.2) is 0 Å². The van der Waals surface area contributed by atoms with Crippen LogP contribution in [0.3, 0.4) is 0 Å². The van der Waals surface area contributed by atoms with Gasteiger partial charge in [0.1, 0.15) is 0 Å². The number of unbranched alkanes of at least 4 members (excludes halogenated alkanes) is 1. The largest absolute Gasteiger partial charge is 0.310 e. The first kappa shape index (κ1) is 14.5. The number of aryl methyl sites for hydroxylation is 1. The molecule has 1 aromatic rings. The lowest BCUT2D eigenvalue weighted by atomic mass is 10.0. The predicted molar refractivity (Wildman–Crippen MR) is 82.4 cm³/mol. The van der Waals surface area contributed by atoms with Crippen LogP contribution in [-0.2, 0) is 6.54 Å². The highest BCUT2D eigenvalue weighted by Crippen LogP contribution is 2.12. The van der Waals surface area contributed by atoms with Crippen molar-refractivity contribution < 1.29 is 0 Å². The number of hydrogen-bond acceptors (Lipinski definition) is 2. The van der Waals surface area contributed by atoms with E-state index in [4.69, 9.17) is 0 Å². The predicted octanol–water partition coefficient (Wildman–Crippen LogP) is 3.35. The van der Waals surface area contributed by atoms with E-state index in [0.717, 1.165) is 6.54 Å². The van der Waals surface area contributed by atoms with Gasteiger partial charge >= 0.3 is 0 Å². The van der Waals surface area contributed by atoms with Crippen LogP contribution in [0, 0.1) is 6.92 Å².